The van der Waals surface area contributed by atoms with Crippen LogP contribution >= 0.6 is 0 Å². The molecular formula is C22H22Co. The third-order valence-corrected chi connectivity index (χ3v) is 4.42. The van der Waals surface area contributed by atoms with Crippen LogP contribution in [0, 0.1) is 27.7 Å². The average molecular weight is 345 g/mol. The first kappa shape index (κ1) is 17.5. The van der Waals surface area contributed by atoms with E-state index in [0.717, 1.165) is 0 Å². The largest absolute Gasteiger partial charge is 2.00 e. The van der Waals surface area contributed by atoms with Crippen LogP contribution < -0.4 is 0 Å². The van der Waals surface area contributed by atoms with Gasteiger partial charge in [-0.25, -0.2) is 0 Å². The molecule has 0 saturated heterocycles. The van der Waals surface area contributed by atoms with Crippen molar-refractivity contribution in [3.63, 3.8) is 0 Å². The molecule has 0 spiro atoms. The van der Waals surface area contributed by atoms with Gasteiger partial charge in [-0.05, 0) is 0 Å². The Balaban J connectivity index is 0.000000160. The monoisotopic (exact) mass is 345 g/mol. The smallest absolute Gasteiger partial charge is 0.156 e. The molecule has 0 aromatic heterocycles. The molecule has 119 valence electrons. The Morgan fingerprint density at radius 3 is 1.30 bits per heavy atom. The van der Waals surface area contributed by atoms with Crippen molar-refractivity contribution in [2.75, 3.05) is 0 Å². The molecule has 0 heterocycles. The molecule has 0 unspecified atom stereocenters. The minimum absolute atomic E-state index is 0. The van der Waals surface area contributed by atoms with Crippen molar-refractivity contribution in [1.29, 1.82) is 0 Å². The van der Waals surface area contributed by atoms with E-state index in [-0.39, 0.29) is 16.8 Å². The molecule has 4 rings (SSSR count). The van der Waals surface area contributed by atoms with E-state index < -0.39 is 0 Å². The molecule has 0 amide bonds. The molecule has 0 aliphatic carbocycles. The molecule has 0 aliphatic rings. The Kier molecular flexibility index (Phi) is 5.45. The maximum Gasteiger partial charge on any atom is 2.00 e. The van der Waals surface area contributed by atoms with E-state index in [1.54, 1.807) is 0 Å². The van der Waals surface area contributed by atoms with Gasteiger partial charge >= 0.3 is 16.8 Å². The van der Waals surface area contributed by atoms with Crippen molar-refractivity contribution < 1.29 is 16.8 Å². The van der Waals surface area contributed by atoms with Gasteiger partial charge in [-0.3, -0.25) is 0 Å². The van der Waals surface area contributed by atoms with E-state index in [0.29, 0.717) is 0 Å². The van der Waals surface area contributed by atoms with E-state index in [4.69, 9.17) is 0 Å². The summed E-state index contributed by atoms with van der Waals surface area (Å²) < 4.78 is 0. The number of fused-ring (bicyclic) bond motifs is 2. The fourth-order valence-electron chi connectivity index (χ4n) is 3.30. The standard InChI is InChI=1S/2C11H11.Co/c2*1-8-7-9(2)11-6-4-3-5-10(8)11;/h2*3-7H,1-2H3;/q2*-1;+2. The van der Waals surface area contributed by atoms with Crippen molar-refractivity contribution in [2.24, 2.45) is 0 Å². The normalized spacial score (nSPS) is 10.3. The second-order valence-corrected chi connectivity index (χ2v) is 6.11. The molecule has 0 saturated carbocycles. The molecule has 4 aromatic rings. The number of aryl methyl sites for hydroxylation is 4. The minimum Gasteiger partial charge on any atom is -0.156 e. The molecule has 1 radical (unpaired) electrons. The summed E-state index contributed by atoms with van der Waals surface area (Å²) in [5.41, 5.74) is 5.55. The minimum atomic E-state index is 0. The average Bonchev–Trinajstić information content (AvgIpc) is 2.99. The Hall–Kier alpha value is -1.83. The van der Waals surface area contributed by atoms with Crippen LogP contribution in [-0.4, -0.2) is 0 Å². The van der Waals surface area contributed by atoms with Crippen LogP contribution in [0.5, 0.6) is 0 Å². The molecular weight excluding hydrogens is 323 g/mol. The first-order valence-corrected chi connectivity index (χ1v) is 7.81. The van der Waals surface area contributed by atoms with E-state index in [1.165, 1.54) is 43.8 Å². The van der Waals surface area contributed by atoms with Gasteiger partial charge in [0.25, 0.3) is 0 Å². The summed E-state index contributed by atoms with van der Waals surface area (Å²) in [5.74, 6) is 0. The van der Waals surface area contributed by atoms with Gasteiger partial charge in [0, 0.05) is 0 Å². The van der Waals surface area contributed by atoms with Crippen LogP contribution in [0.25, 0.3) is 21.5 Å². The molecule has 0 fully saturated rings. The van der Waals surface area contributed by atoms with Gasteiger partial charge < -0.3 is 0 Å². The predicted octanol–water partition coefficient (Wildman–Crippen LogP) is 6.35. The van der Waals surface area contributed by atoms with E-state index >= 15 is 0 Å². The maximum atomic E-state index is 2.24. The van der Waals surface area contributed by atoms with Crippen LogP contribution in [0.1, 0.15) is 22.3 Å². The Morgan fingerprint density at radius 1 is 0.609 bits per heavy atom. The van der Waals surface area contributed by atoms with Gasteiger partial charge in [0.05, 0.1) is 0 Å². The topological polar surface area (TPSA) is 0 Å². The van der Waals surface area contributed by atoms with Crippen LogP contribution in [0.2, 0.25) is 0 Å². The van der Waals surface area contributed by atoms with Crippen LogP contribution in [0.3, 0.4) is 0 Å². The van der Waals surface area contributed by atoms with Gasteiger partial charge in [0.2, 0.25) is 0 Å². The SMILES string of the molecule is Cc1c[c-](C)c2ccccc12.Cc1c[c-](C)c2ccccc12.[Co+2]. The maximum absolute atomic E-state index is 2.24. The molecule has 0 atom stereocenters. The van der Waals surface area contributed by atoms with E-state index in [1.807, 2.05) is 0 Å². The summed E-state index contributed by atoms with van der Waals surface area (Å²) >= 11 is 0. The van der Waals surface area contributed by atoms with E-state index in [2.05, 4.69) is 88.4 Å². The summed E-state index contributed by atoms with van der Waals surface area (Å²) in [4.78, 5) is 0. The summed E-state index contributed by atoms with van der Waals surface area (Å²) in [6, 6.07) is 21.6. The summed E-state index contributed by atoms with van der Waals surface area (Å²) in [7, 11) is 0. The van der Waals surface area contributed by atoms with Crippen molar-refractivity contribution in [2.45, 2.75) is 27.7 Å². The zero-order valence-corrected chi connectivity index (χ0v) is 15.1. The number of hydrogen-bond acceptors (Lipinski definition) is 0. The summed E-state index contributed by atoms with van der Waals surface area (Å²) in [6.45, 7) is 8.65. The predicted molar refractivity (Wildman–Crippen MR) is 98.0 cm³/mol. The van der Waals surface area contributed by atoms with Crippen LogP contribution in [0.15, 0.2) is 60.7 Å². The fourth-order valence-corrected chi connectivity index (χ4v) is 3.30. The Labute approximate surface area is 149 Å². The third kappa shape index (κ3) is 3.41. The van der Waals surface area contributed by atoms with Crippen LogP contribution in [0.4, 0.5) is 0 Å². The second kappa shape index (κ2) is 7.16. The molecule has 0 N–H and O–H groups in total. The van der Waals surface area contributed by atoms with Gasteiger partial charge in [0.15, 0.2) is 0 Å². The van der Waals surface area contributed by atoms with Gasteiger partial charge in [-0.1, -0.05) is 39.8 Å². The zero-order valence-electron chi connectivity index (χ0n) is 14.1. The van der Waals surface area contributed by atoms with Crippen molar-refractivity contribution in [1.82, 2.24) is 0 Å². The molecule has 23 heavy (non-hydrogen) atoms. The Bertz CT molecular complexity index is 772. The van der Waals surface area contributed by atoms with Gasteiger partial charge in [0.1, 0.15) is 0 Å². The summed E-state index contributed by atoms with van der Waals surface area (Å²) in [6.07, 6.45) is 0. The molecule has 1 heteroatoms. The third-order valence-electron chi connectivity index (χ3n) is 4.42. The molecule has 0 nitrogen and oxygen atoms in total. The number of benzene rings is 2. The fraction of sp³-hybridized carbons (Fsp3) is 0.182. The quantitative estimate of drug-likeness (QED) is 0.326. The zero-order chi connectivity index (χ0) is 15.7. The van der Waals surface area contributed by atoms with Gasteiger partial charge in [-0.15, -0.1) is 81.2 Å². The molecule has 0 bridgehead atoms. The number of rotatable bonds is 0. The molecule has 4 aromatic carbocycles. The first-order chi connectivity index (χ1) is 10.6. The van der Waals surface area contributed by atoms with Crippen molar-refractivity contribution in [3.8, 4) is 0 Å². The second-order valence-electron chi connectivity index (χ2n) is 6.11. The number of hydrogen-bond donors (Lipinski definition) is 0. The Morgan fingerprint density at radius 2 is 0.957 bits per heavy atom. The van der Waals surface area contributed by atoms with Crippen molar-refractivity contribution >= 4 is 21.5 Å². The van der Waals surface area contributed by atoms with E-state index in [9.17, 15) is 0 Å². The van der Waals surface area contributed by atoms with Crippen molar-refractivity contribution in [3.05, 3.63) is 82.9 Å². The van der Waals surface area contributed by atoms with Gasteiger partial charge in [-0.2, -0.15) is 11.1 Å². The summed E-state index contributed by atoms with van der Waals surface area (Å²) in [5, 5.41) is 5.57. The van der Waals surface area contributed by atoms with Crippen LogP contribution in [-0.2, 0) is 16.8 Å². The first-order valence-electron chi connectivity index (χ1n) is 7.81. The molecule has 0 aliphatic heterocycles.